The van der Waals surface area contributed by atoms with Crippen molar-refractivity contribution in [2.75, 3.05) is 13.2 Å². The Hall–Kier alpha value is -3.39. The third-order valence-electron chi connectivity index (χ3n) is 3.76. The number of nitrogens with one attached hydrogen (secondary N) is 1. The Morgan fingerprint density at radius 2 is 1.90 bits per heavy atom. The molecule has 0 aliphatic rings. The fourth-order valence-corrected chi connectivity index (χ4v) is 2.66. The number of aromatic nitrogens is 2. The van der Waals surface area contributed by atoms with Crippen LogP contribution in [-0.4, -0.2) is 35.2 Å². The molecule has 0 bridgehead atoms. The van der Waals surface area contributed by atoms with Gasteiger partial charge in [0.25, 0.3) is 11.8 Å². The maximum absolute atomic E-state index is 12.3. The average molecular weight is 416 g/mol. The monoisotopic (exact) mass is 415 g/mol. The topological polar surface area (TPSA) is 104 Å². The highest BCUT2D eigenvalue weighted by atomic mass is 35.5. The van der Waals surface area contributed by atoms with E-state index < -0.39 is 11.9 Å². The van der Waals surface area contributed by atoms with Crippen LogP contribution < -0.4 is 10.1 Å². The molecular formula is C20H18ClN3O5. The van der Waals surface area contributed by atoms with E-state index >= 15 is 0 Å². The summed E-state index contributed by atoms with van der Waals surface area (Å²) in [6.07, 6.45) is 0. The summed E-state index contributed by atoms with van der Waals surface area (Å²) in [4.78, 5) is 28.3. The number of amides is 1. The first-order valence-corrected chi connectivity index (χ1v) is 9.19. The zero-order valence-corrected chi connectivity index (χ0v) is 16.3. The van der Waals surface area contributed by atoms with Crippen LogP contribution in [0.3, 0.4) is 0 Å². The number of carbonyl (C=O) groups excluding carboxylic acids is 2. The lowest BCUT2D eigenvalue weighted by Gasteiger charge is -2.10. The highest BCUT2D eigenvalue weighted by molar-refractivity contribution is 6.33. The Labute approximate surface area is 171 Å². The van der Waals surface area contributed by atoms with Crippen LogP contribution in [0.1, 0.15) is 23.2 Å². The lowest BCUT2D eigenvalue weighted by atomic mass is 10.2. The van der Waals surface area contributed by atoms with E-state index in [1.54, 1.807) is 48.5 Å². The van der Waals surface area contributed by atoms with Crippen LogP contribution in [-0.2, 0) is 16.1 Å². The lowest BCUT2D eigenvalue weighted by molar-refractivity contribution is -0.144. The summed E-state index contributed by atoms with van der Waals surface area (Å²) < 4.78 is 15.5. The minimum absolute atomic E-state index is 0.112. The number of ether oxygens (including phenoxy) is 2. The maximum Gasteiger partial charge on any atom is 0.325 e. The summed E-state index contributed by atoms with van der Waals surface area (Å²) in [7, 11) is 0. The first-order valence-electron chi connectivity index (χ1n) is 8.81. The molecule has 0 unspecified atom stereocenters. The predicted molar refractivity (Wildman–Crippen MR) is 104 cm³/mol. The molecule has 9 heteroatoms. The van der Waals surface area contributed by atoms with Gasteiger partial charge in [-0.15, -0.1) is 0 Å². The number of halogens is 1. The van der Waals surface area contributed by atoms with Gasteiger partial charge in [-0.25, -0.2) is 0 Å². The van der Waals surface area contributed by atoms with Crippen molar-refractivity contribution in [2.24, 2.45) is 0 Å². The van der Waals surface area contributed by atoms with Gasteiger partial charge >= 0.3 is 5.97 Å². The van der Waals surface area contributed by atoms with E-state index in [1.165, 1.54) is 0 Å². The summed E-state index contributed by atoms with van der Waals surface area (Å²) in [6, 6.07) is 13.8. The quantitative estimate of drug-likeness (QED) is 0.563. The number of benzene rings is 2. The SMILES string of the molecule is CCOc1ccccc1C(=O)NCC(=O)OCc1nc(-c2ccccc2Cl)no1. The van der Waals surface area contributed by atoms with Gasteiger partial charge in [-0.05, 0) is 31.2 Å². The molecule has 0 fully saturated rings. The highest BCUT2D eigenvalue weighted by Crippen LogP contribution is 2.25. The molecule has 0 atom stereocenters. The molecule has 1 amide bonds. The van der Waals surface area contributed by atoms with E-state index in [0.29, 0.717) is 34.3 Å². The van der Waals surface area contributed by atoms with Gasteiger partial charge in [-0.3, -0.25) is 9.59 Å². The predicted octanol–water partition coefficient (Wildman–Crippen LogP) is 3.26. The van der Waals surface area contributed by atoms with Crippen molar-refractivity contribution >= 4 is 23.5 Å². The van der Waals surface area contributed by atoms with E-state index in [9.17, 15) is 9.59 Å². The second kappa shape index (κ2) is 9.70. The molecule has 0 saturated heterocycles. The lowest BCUT2D eigenvalue weighted by Crippen LogP contribution is -2.30. The molecule has 150 valence electrons. The number of esters is 1. The highest BCUT2D eigenvalue weighted by Gasteiger charge is 2.15. The first-order chi connectivity index (χ1) is 14.1. The van der Waals surface area contributed by atoms with E-state index in [-0.39, 0.29) is 19.0 Å². The second-order valence-corrected chi connectivity index (χ2v) is 6.17. The fourth-order valence-electron chi connectivity index (χ4n) is 2.44. The molecule has 0 aliphatic heterocycles. The minimum Gasteiger partial charge on any atom is -0.493 e. The number of para-hydroxylation sites is 1. The Morgan fingerprint density at radius 1 is 1.14 bits per heavy atom. The van der Waals surface area contributed by atoms with Crippen molar-refractivity contribution in [1.82, 2.24) is 15.5 Å². The first kappa shape index (κ1) is 20.3. The van der Waals surface area contributed by atoms with Crippen molar-refractivity contribution in [3.8, 4) is 17.1 Å². The van der Waals surface area contributed by atoms with Gasteiger partial charge in [0.1, 0.15) is 12.3 Å². The molecule has 8 nitrogen and oxygen atoms in total. The molecule has 0 saturated carbocycles. The van der Waals surface area contributed by atoms with Crippen LogP contribution in [0.15, 0.2) is 53.1 Å². The molecule has 1 aromatic heterocycles. The third-order valence-corrected chi connectivity index (χ3v) is 4.09. The Balaban J connectivity index is 1.51. The van der Waals surface area contributed by atoms with Crippen molar-refractivity contribution in [2.45, 2.75) is 13.5 Å². The molecule has 0 spiro atoms. The van der Waals surface area contributed by atoms with Crippen LogP contribution in [0.5, 0.6) is 5.75 Å². The largest absolute Gasteiger partial charge is 0.493 e. The number of hydrogen-bond donors (Lipinski definition) is 1. The summed E-state index contributed by atoms with van der Waals surface area (Å²) in [5.74, 6) is -0.239. The number of hydrogen-bond acceptors (Lipinski definition) is 7. The van der Waals surface area contributed by atoms with Crippen LogP contribution in [0, 0.1) is 0 Å². The van der Waals surface area contributed by atoms with Crippen molar-refractivity contribution < 1.29 is 23.6 Å². The van der Waals surface area contributed by atoms with Crippen LogP contribution in [0.4, 0.5) is 0 Å². The summed E-state index contributed by atoms with van der Waals surface area (Å²) in [6.45, 7) is 1.71. The Kier molecular flexibility index (Phi) is 6.80. The molecule has 2 aromatic carbocycles. The molecule has 1 heterocycles. The van der Waals surface area contributed by atoms with Gasteiger partial charge in [0.05, 0.1) is 17.2 Å². The van der Waals surface area contributed by atoms with Gasteiger partial charge < -0.3 is 19.3 Å². The van der Waals surface area contributed by atoms with Crippen molar-refractivity contribution in [3.05, 3.63) is 65.0 Å². The second-order valence-electron chi connectivity index (χ2n) is 5.76. The molecule has 3 aromatic rings. The van der Waals surface area contributed by atoms with Crippen LogP contribution >= 0.6 is 11.6 Å². The van der Waals surface area contributed by atoms with E-state index in [0.717, 1.165) is 0 Å². The zero-order chi connectivity index (χ0) is 20.6. The standard InChI is InChI=1S/C20H18ClN3O5/c1-2-27-16-10-6-4-8-14(16)20(26)22-11-18(25)28-12-17-23-19(24-29-17)13-7-3-5-9-15(13)21/h3-10H,2,11-12H2,1H3,(H,22,26). The van der Waals surface area contributed by atoms with Gasteiger partial charge in [-0.2, -0.15) is 4.98 Å². The van der Waals surface area contributed by atoms with Crippen molar-refractivity contribution in [1.29, 1.82) is 0 Å². The average Bonchev–Trinajstić information content (AvgIpc) is 3.20. The fraction of sp³-hybridized carbons (Fsp3) is 0.200. The van der Waals surface area contributed by atoms with E-state index in [2.05, 4.69) is 15.5 Å². The Bertz CT molecular complexity index is 1010. The van der Waals surface area contributed by atoms with E-state index in [1.807, 2.05) is 6.92 Å². The van der Waals surface area contributed by atoms with Gasteiger partial charge in [0.2, 0.25) is 5.82 Å². The minimum atomic E-state index is -0.648. The summed E-state index contributed by atoms with van der Waals surface area (Å²) >= 11 is 6.09. The van der Waals surface area contributed by atoms with Crippen LogP contribution in [0.2, 0.25) is 5.02 Å². The number of nitrogens with zero attached hydrogens (tertiary/aromatic N) is 2. The smallest absolute Gasteiger partial charge is 0.325 e. The molecule has 0 aliphatic carbocycles. The summed E-state index contributed by atoms with van der Waals surface area (Å²) in [5.41, 5.74) is 0.944. The van der Waals surface area contributed by atoms with Crippen LogP contribution in [0.25, 0.3) is 11.4 Å². The number of rotatable bonds is 8. The third kappa shape index (κ3) is 5.32. The molecular weight excluding hydrogens is 398 g/mol. The van der Waals surface area contributed by atoms with Gasteiger partial charge in [0.15, 0.2) is 6.61 Å². The molecule has 3 rings (SSSR count). The Morgan fingerprint density at radius 3 is 2.69 bits per heavy atom. The zero-order valence-electron chi connectivity index (χ0n) is 15.6. The van der Waals surface area contributed by atoms with Crippen molar-refractivity contribution in [3.63, 3.8) is 0 Å². The maximum atomic E-state index is 12.3. The normalized spacial score (nSPS) is 10.4. The molecule has 29 heavy (non-hydrogen) atoms. The summed E-state index contributed by atoms with van der Waals surface area (Å²) in [5, 5.41) is 6.79. The number of carbonyl (C=O) groups is 2. The molecule has 1 N–H and O–H groups in total. The van der Waals surface area contributed by atoms with Gasteiger partial charge in [-0.1, -0.05) is 41.0 Å². The molecule has 0 radical (unpaired) electrons. The van der Waals surface area contributed by atoms with E-state index in [4.69, 9.17) is 25.6 Å². The van der Waals surface area contributed by atoms with Gasteiger partial charge in [0, 0.05) is 5.56 Å².